The van der Waals surface area contributed by atoms with Gasteiger partial charge in [0, 0.05) is 11.4 Å². The number of aromatic nitrogens is 1. The van der Waals surface area contributed by atoms with Gasteiger partial charge in [0.15, 0.2) is 0 Å². The van der Waals surface area contributed by atoms with Gasteiger partial charge in [-0.05, 0) is 43.6 Å². The minimum absolute atomic E-state index is 0.0147. The second-order valence-corrected chi connectivity index (χ2v) is 4.75. The molecule has 1 heterocycles. The number of rotatable bonds is 2. The monoisotopic (exact) mass is 301 g/mol. The molecule has 0 atom stereocenters. The summed E-state index contributed by atoms with van der Waals surface area (Å²) in [5.74, 6) is 0. The van der Waals surface area contributed by atoms with Crippen LogP contribution in [0.4, 0.5) is 13.2 Å². The SMILES string of the molecule is Cc1cc(C(=O)Cl)c(C)n1-c1ccccc1C(F)(F)F. The summed E-state index contributed by atoms with van der Waals surface area (Å²) >= 11 is 5.44. The standard InChI is InChI=1S/C14H11ClF3NO/c1-8-7-10(13(15)20)9(2)19(8)12-6-4-3-5-11(12)14(16,17)18/h3-7H,1-2H3. The van der Waals surface area contributed by atoms with Gasteiger partial charge in [-0.25, -0.2) is 0 Å². The van der Waals surface area contributed by atoms with Crippen LogP contribution in [0, 0.1) is 13.8 Å². The molecule has 0 bridgehead atoms. The Morgan fingerprint density at radius 3 is 2.30 bits per heavy atom. The second kappa shape index (κ2) is 4.98. The minimum Gasteiger partial charge on any atom is -0.317 e. The van der Waals surface area contributed by atoms with E-state index in [1.807, 2.05) is 0 Å². The predicted molar refractivity (Wildman–Crippen MR) is 70.4 cm³/mol. The highest BCUT2D eigenvalue weighted by atomic mass is 35.5. The van der Waals surface area contributed by atoms with E-state index in [2.05, 4.69) is 0 Å². The zero-order valence-electron chi connectivity index (χ0n) is 10.8. The number of carbonyl (C=O) groups is 1. The number of alkyl halides is 3. The molecule has 1 aromatic carbocycles. The molecule has 106 valence electrons. The molecule has 2 rings (SSSR count). The van der Waals surface area contributed by atoms with Crippen molar-refractivity contribution in [1.29, 1.82) is 0 Å². The molecule has 0 fully saturated rings. The highest BCUT2D eigenvalue weighted by molar-refractivity contribution is 6.67. The van der Waals surface area contributed by atoms with Crippen molar-refractivity contribution in [1.82, 2.24) is 4.57 Å². The van der Waals surface area contributed by atoms with Crippen LogP contribution >= 0.6 is 11.6 Å². The molecule has 0 saturated heterocycles. The Balaban J connectivity index is 2.73. The third-order valence-corrected chi connectivity index (χ3v) is 3.30. The molecule has 6 heteroatoms. The molecule has 0 unspecified atom stereocenters. The topological polar surface area (TPSA) is 22.0 Å². The zero-order chi connectivity index (χ0) is 15.1. The number of benzene rings is 1. The van der Waals surface area contributed by atoms with E-state index in [0.717, 1.165) is 6.07 Å². The fourth-order valence-corrected chi connectivity index (χ4v) is 2.43. The Hall–Kier alpha value is -1.75. The van der Waals surface area contributed by atoms with Crippen LogP contribution < -0.4 is 0 Å². The van der Waals surface area contributed by atoms with Crippen molar-refractivity contribution in [3.05, 3.63) is 52.8 Å². The van der Waals surface area contributed by atoms with E-state index in [9.17, 15) is 18.0 Å². The van der Waals surface area contributed by atoms with Gasteiger partial charge in [0.25, 0.3) is 5.24 Å². The normalized spacial score (nSPS) is 11.7. The molecule has 0 spiro atoms. The van der Waals surface area contributed by atoms with Crippen LogP contribution in [0.15, 0.2) is 30.3 Å². The molecule has 20 heavy (non-hydrogen) atoms. The van der Waals surface area contributed by atoms with Crippen LogP contribution in [0.3, 0.4) is 0 Å². The molecule has 0 amide bonds. The maximum atomic E-state index is 13.1. The maximum absolute atomic E-state index is 13.1. The maximum Gasteiger partial charge on any atom is 0.418 e. The molecule has 0 saturated carbocycles. The van der Waals surface area contributed by atoms with Crippen LogP contribution in [-0.2, 0) is 6.18 Å². The smallest absolute Gasteiger partial charge is 0.317 e. The number of aryl methyl sites for hydroxylation is 1. The van der Waals surface area contributed by atoms with Crippen molar-refractivity contribution in [3.63, 3.8) is 0 Å². The summed E-state index contributed by atoms with van der Waals surface area (Å²) in [5, 5.41) is -0.686. The van der Waals surface area contributed by atoms with Gasteiger partial charge >= 0.3 is 6.18 Å². The van der Waals surface area contributed by atoms with E-state index in [0.29, 0.717) is 11.4 Å². The molecular weight excluding hydrogens is 291 g/mol. The fraction of sp³-hybridized carbons (Fsp3) is 0.214. The summed E-state index contributed by atoms with van der Waals surface area (Å²) in [7, 11) is 0. The van der Waals surface area contributed by atoms with Crippen LogP contribution in [0.5, 0.6) is 0 Å². The van der Waals surface area contributed by atoms with Crippen molar-refractivity contribution < 1.29 is 18.0 Å². The molecule has 1 aromatic heterocycles. The lowest BCUT2D eigenvalue weighted by atomic mass is 10.1. The molecule has 2 aromatic rings. The lowest BCUT2D eigenvalue weighted by Crippen LogP contribution is -2.12. The Morgan fingerprint density at radius 1 is 1.20 bits per heavy atom. The number of nitrogens with zero attached hydrogens (tertiary/aromatic N) is 1. The minimum atomic E-state index is -4.47. The summed E-state index contributed by atoms with van der Waals surface area (Å²) < 4.78 is 40.6. The van der Waals surface area contributed by atoms with Crippen LogP contribution in [0.1, 0.15) is 27.3 Å². The molecule has 0 aliphatic carbocycles. The quantitative estimate of drug-likeness (QED) is 0.749. The Kier molecular flexibility index (Phi) is 3.65. The molecule has 0 radical (unpaired) electrons. The first-order valence-corrected chi connectivity index (χ1v) is 6.16. The number of halogens is 4. The van der Waals surface area contributed by atoms with Gasteiger partial charge in [-0.15, -0.1) is 0 Å². The second-order valence-electron chi connectivity index (χ2n) is 4.41. The first kappa shape index (κ1) is 14.7. The molecule has 0 aliphatic rings. The highest BCUT2D eigenvalue weighted by Crippen LogP contribution is 2.35. The van der Waals surface area contributed by atoms with Gasteiger partial charge in [-0.1, -0.05) is 12.1 Å². The van der Waals surface area contributed by atoms with Crippen LogP contribution in [0.2, 0.25) is 0 Å². The van der Waals surface area contributed by atoms with E-state index in [1.54, 1.807) is 13.8 Å². The van der Waals surface area contributed by atoms with Gasteiger partial charge in [-0.3, -0.25) is 4.79 Å². The summed E-state index contributed by atoms with van der Waals surface area (Å²) in [5.41, 5.74) is 0.345. The summed E-state index contributed by atoms with van der Waals surface area (Å²) in [6.07, 6.45) is -4.47. The average Bonchev–Trinajstić information content (AvgIpc) is 2.64. The third kappa shape index (κ3) is 2.45. The largest absolute Gasteiger partial charge is 0.418 e. The van der Waals surface area contributed by atoms with Gasteiger partial charge in [0.05, 0.1) is 16.8 Å². The van der Waals surface area contributed by atoms with Crippen molar-refractivity contribution in [3.8, 4) is 5.69 Å². The van der Waals surface area contributed by atoms with E-state index in [-0.39, 0.29) is 11.3 Å². The first-order valence-electron chi connectivity index (χ1n) is 5.79. The molecule has 2 nitrogen and oxygen atoms in total. The van der Waals surface area contributed by atoms with E-state index >= 15 is 0 Å². The lowest BCUT2D eigenvalue weighted by Gasteiger charge is -2.16. The van der Waals surface area contributed by atoms with Crippen LogP contribution in [0.25, 0.3) is 5.69 Å². The van der Waals surface area contributed by atoms with Crippen molar-refractivity contribution >= 4 is 16.8 Å². The Labute approximate surface area is 118 Å². The van der Waals surface area contributed by atoms with Gasteiger partial charge in [-0.2, -0.15) is 13.2 Å². The molecule has 0 N–H and O–H groups in total. The first-order chi connectivity index (χ1) is 9.23. The Morgan fingerprint density at radius 2 is 1.80 bits per heavy atom. The van der Waals surface area contributed by atoms with Crippen molar-refractivity contribution in [2.45, 2.75) is 20.0 Å². The number of carbonyl (C=O) groups excluding carboxylic acids is 1. The Bertz CT molecular complexity index is 674. The van der Waals surface area contributed by atoms with E-state index < -0.39 is 17.0 Å². The van der Waals surface area contributed by atoms with Gasteiger partial charge < -0.3 is 4.57 Å². The van der Waals surface area contributed by atoms with Gasteiger partial charge in [0.1, 0.15) is 0 Å². The summed E-state index contributed by atoms with van der Waals surface area (Å²) in [6, 6.07) is 6.71. The number of para-hydroxylation sites is 1. The highest BCUT2D eigenvalue weighted by Gasteiger charge is 2.34. The fourth-order valence-electron chi connectivity index (χ4n) is 2.24. The van der Waals surface area contributed by atoms with E-state index in [4.69, 9.17) is 11.6 Å². The van der Waals surface area contributed by atoms with E-state index in [1.165, 1.54) is 28.8 Å². The zero-order valence-corrected chi connectivity index (χ0v) is 11.5. The number of hydrogen-bond donors (Lipinski definition) is 0. The van der Waals surface area contributed by atoms with Crippen molar-refractivity contribution in [2.24, 2.45) is 0 Å². The van der Waals surface area contributed by atoms with Crippen molar-refractivity contribution in [2.75, 3.05) is 0 Å². The number of hydrogen-bond acceptors (Lipinski definition) is 1. The average molecular weight is 302 g/mol. The van der Waals surface area contributed by atoms with Gasteiger partial charge in [0.2, 0.25) is 0 Å². The predicted octanol–water partition coefficient (Wildman–Crippen LogP) is 4.49. The lowest BCUT2D eigenvalue weighted by molar-refractivity contribution is -0.137. The molecule has 0 aliphatic heterocycles. The summed E-state index contributed by atoms with van der Waals surface area (Å²) in [6.45, 7) is 3.19. The third-order valence-electron chi connectivity index (χ3n) is 3.09. The molecular formula is C14H11ClF3NO. The van der Waals surface area contributed by atoms with Crippen LogP contribution in [-0.4, -0.2) is 9.81 Å². The summed E-state index contributed by atoms with van der Waals surface area (Å²) in [4.78, 5) is 11.3.